The van der Waals surface area contributed by atoms with E-state index in [4.69, 9.17) is 10.4 Å². The molecule has 0 aromatic rings. The molecule has 1 fully saturated rings. The van der Waals surface area contributed by atoms with E-state index in [0.717, 1.165) is 12.8 Å². The standard InChI is InChI=1S/C10H16N2O2/c1-8-4-5-9(7-11)12(8)10(14)3-2-6-13/h8-9,13H,2-6H2,1H3/t8-,9-/m0/s1. The lowest BCUT2D eigenvalue weighted by molar-refractivity contribution is -0.133. The number of carbonyl (C=O) groups is 1. The summed E-state index contributed by atoms with van der Waals surface area (Å²) >= 11 is 0. The number of nitriles is 1. The zero-order valence-corrected chi connectivity index (χ0v) is 8.44. The van der Waals surface area contributed by atoms with Gasteiger partial charge in [0.1, 0.15) is 6.04 Å². The van der Waals surface area contributed by atoms with Crippen molar-refractivity contribution in [1.82, 2.24) is 4.90 Å². The summed E-state index contributed by atoms with van der Waals surface area (Å²) in [6.45, 7) is 2.00. The number of aliphatic hydroxyl groups is 1. The number of amides is 1. The van der Waals surface area contributed by atoms with Crippen LogP contribution in [0.5, 0.6) is 0 Å². The average Bonchev–Trinajstić information content (AvgIpc) is 2.56. The summed E-state index contributed by atoms with van der Waals surface area (Å²) in [5.41, 5.74) is 0. The molecule has 1 rings (SSSR count). The van der Waals surface area contributed by atoms with Crippen molar-refractivity contribution in [2.45, 2.75) is 44.7 Å². The zero-order chi connectivity index (χ0) is 10.6. The summed E-state index contributed by atoms with van der Waals surface area (Å²) in [5.74, 6) is -0.00407. The normalized spacial score (nSPS) is 26.2. The molecule has 14 heavy (non-hydrogen) atoms. The Hall–Kier alpha value is -1.08. The molecule has 0 saturated carbocycles. The summed E-state index contributed by atoms with van der Waals surface area (Å²) in [7, 11) is 0. The van der Waals surface area contributed by atoms with Crippen molar-refractivity contribution >= 4 is 5.91 Å². The van der Waals surface area contributed by atoms with Crippen molar-refractivity contribution in [3.8, 4) is 6.07 Å². The Balaban J connectivity index is 2.55. The van der Waals surface area contributed by atoms with E-state index in [1.807, 2.05) is 6.92 Å². The second-order valence-corrected chi connectivity index (χ2v) is 3.70. The molecule has 78 valence electrons. The highest BCUT2D eigenvalue weighted by molar-refractivity contribution is 5.77. The van der Waals surface area contributed by atoms with Gasteiger partial charge < -0.3 is 10.0 Å². The van der Waals surface area contributed by atoms with Crippen molar-refractivity contribution in [2.24, 2.45) is 0 Å². The van der Waals surface area contributed by atoms with Crippen LogP contribution in [-0.4, -0.2) is 34.6 Å². The van der Waals surface area contributed by atoms with Gasteiger partial charge in [-0.15, -0.1) is 0 Å². The maximum absolute atomic E-state index is 11.6. The summed E-state index contributed by atoms with van der Waals surface area (Å²) in [6, 6.07) is 2.06. The molecule has 1 amide bonds. The van der Waals surface area contributed by atoms with E-state index in [1.165, 1.54) is 0 Å². The van der Waals surface area contributed by atoms with E-state index in [2.05, 4.69) is 6.07 Å². The summed E-state index contributed by atoms with van der Waals surface area (Å²) in [6.07, 6.45) is 2.52. The first-order valence-corrected chi connectivity index (χ1v) is 5.02. The molecule has 1 saturated heterocycles. The number of hydrogen-bond donors (Lipinski definition) is 1. The third kappa shape index (κ3) is 2.24. The summed E-state index contributed by atoms with van der Waals surface area (Å²) in [4.78, 5) is 13.3. The van der Waals surface area contributed by atoms with Gasteiger partial charge >= 0.3 is 0 Å². The fraction of sp³-hybridized carbons (Fsp3) is 0.800. The Morgan fingerprint density at radius 1 is 1.64 bits per heavy atom. The van der Waals surface area contributed by atoms with Gasteiger partial charge in [-0.05, 0) is 26.2 Å². The maximum Gasteiger partial charge on any atom is 0.223 e. The van der Waals surface area contributed by atoms with Crippen molar-refractivity contribution in [1.29, 1.82) is 5.26 Å². The Morgan fingerprint density at radius 2 is 2.36 bits per heavy atom. The molecule has 0 aromatic carbocycles. The molecule has 2 atom stereocenters. The van der Waals surface area contributed by atoms with Gasteiger partial charge in [0.05, 0.1) is 6.07 Å². The van der Waals surface area contributed by atoms with Gasteiger partial charge in [-0.3, -0.25) is 4.79 Å². The van der Waals surface area contributed by atoms with Gasteiger partial charge in [0.25, 0.3) is 0 Å². The topological polar surface area (TPSA) is 64.3 Å². The van der Waals surface area contributed by atoms with E-state index in [9.17, 15) is 4.79 Å². The van der Waals surface area contributed by atoms with Gasteiger partial charge in [0, 0.05) is 19.1 Å². The van der Waals surface area contributed by atoms with Crippen LogP contribution in [0.15, 0.2) is 0 Å². The van der Waals surface area contributed by atoms with E-state index in [0.29, 0.717) is 12.8 Å². The minimum atomic E-state index is -0.254. The summed E-state index contributed by atoms with van der Waals surface area (Å²) < 4.78 is 0. The molecule has 1 heterocycles. The lowest BCUT2D eigenvalue weighted by Gasteiger charge is -2.24. The number of likely N-dealkylation sites (tertiary alicyclic amines) is 1. The van der Waals surface area contributed by atoms with Crippen LogP contribution in [0.3, 0.4) is 0 Å². The van der Waals surface area contributed by atoms with Crippen LogP contribution in [0.25, 0.3) is 0 Å². The van der Waals surface area contributed by atoms with E-state index in [1.54, 1.807) is 4.90 Å². The highest BCUT2D eigenvalue weighted by Crippen LogP contribution is 2.24. The third-order valence-electron chi connectivity index (χ3n) is 2.65. The number of nitrogens with zero attached hydrogens (tertiary/aromatic N) is 2. The molecule has 4 nitrogen and oxygen atoms in total. The first kappa shape index (κ1) is 11.0. The highest BCUT2D eigenvalue weighted by Gasteiger charge is 2.33. The molecule has 1 N–H and O–H groups in total. The van der Waals surface area contributed by atoms with Crippen LogP contribution in [0, 0.1) is 11.3 Å². The molecule has 1 aliphatic rings. The lowest BCUT2D eigenvalue weighted by Crippen LogP contribution is -2.39. The number of carbonyl (C=O) groups excluding carboxylic acids is 1. The van der Waals surface area contributed by atoms with Crippen LogP contribution >= 0.6 is 0 Å². The van der Waals surface area contributed by atoms with E-state index >= 15 is 0 Å². The monoisotopic (exact) mass is 196 g/mol. The lowest BCUT2D eigenvalue weighted by atomic mass is 10.2. The molecular formula is C10H16N2O2. The van der Waals surface area contributed by atoms with Crippen LogP contribution in [0.1, 0.15) is 32.6 Å². The van der Waals surface area contributed by atoms with E-state index in [-0.39, 0.29) is 24.6 Å². The minimum Gasteiger partial charge on any atom is -0.396 e. The SMILES string of the molecule is C[C@H]1CC[C@@H](C#N)N1C(=O)CCCO. The van der Waals surface area contributed by atoms with Gasteiger partial charge in [-0.25, -0.2) is 0 Å². The molecule has 4 heteroatoms. The molecule has 0 radical (unpaired) electrons. The predicted octanol–water partition coefficient (Wildman–Crippen LogP) is 0.662. The Bertz CT molecular complexity index is 247. The fourth-order valence-electron chi connectivity index (χ4n) is 1.89. The molecule has 1 aliphatic heterocycles. The quantitative estimate of drug-likeness (QED) is 0.721. The number of aliphatic hydroxyl groups excluding tert-OH is 1. The minimum absolute atomic E-state index is 0.00407. The van der Waals surface area contributed by atoms with Crippen molar-refractivity contribution in [3.05, 3.63) is 0 Å². The first-order chi connectivity index (χ1) is 6.70. The largest absolute Gasteiger partial charge is 0.396 e. The predicted molar refractivity (Wildman–Crippen MR) is 51.3 cm³/mol. The fourth-order valence-corrected chi connectivity index (χ4v) is 1.89. The van der Waals surface area contributed by atoms with Crippen LogP contribution < -0.4 is 0 Å². The Morgan fingerprint density at radius 3 is 2.93 bits per heavy atom. The van der Waals surface area contributed by atoms with Gasteiger partial charge in [-0.2, -0.15) is 5.26 Å². The molecule has 0 bridgehead atoms. The molecule has 0 unspecified atom stereocenters. The third-order valence-corrected chi connectivity index (χ3v) is 2.65. The highest BCUT2D eigenvalue weighted by atomic mass is 16.3. The second kappa shape index (κ2) is 4.97. The second-order valence-electron chi connectivity index (χ2n) is 3.70. The van der Waals surface area contributed by atoms with Crippen LogP contribution in [0.4, 0.5) is 0 Å². The smallest absolute Gasteiger partial charge is 0.223 e. The molecule has 0 aromatic heterocycles. The van der Waals surface area contributed by atoms with E-state index < -0.39 is 0 Å². The van der Waals surface area contributed by atoms with Crippen LogP contribution in [-0.2, 0) is 4.79 Å². The first-order valence-electron chi connectivity index (χ1n) is 5.02. The number of hydrogen-bond acceptors (Lipinski definition) is 3. The Labute approximate surface area is 84.1 Å². The van der Waals surface area contributed by atoms with Gasteiger partial charge in [0.2, 0.25) is 5.91 Å². The van der Waals surface area contributed by atoms with Gasteiger partial charge in [-0.1, -0.05) is 0 Å². The molecule has 0 aliphatic carbocycles. The maximum atomic E-state index is 11.6. The zero-order valence-electron chi connectivity index (χ0n) is 8.44. The molecule has 0 spiro atoms. The average molecular weight is 196 g/mol. The van der Waals surface area contributed by atoms with Gasteiger partial charge in [0.15, 0.2) is 0 Å². The van der Waals surface area contributed by atoms with Crippen molar-refractivity contribution in [2.75, 3.05) is 6.61 Å². The van der Waals surface area contributed by atoms with Crippen molar-refractivity contribution in [3.63, 3.8) is 0 Å². The molecular weight excluding hydrogens is 180 g/mol. The summed E-state index contributed by atoms with van der Waals surface area (Å²) in [5, 5.41) is 17.4. The Kier molecular flexibility index (Phi) is 3.90. The van der Waals surface area contributed by atoms with Crippen LogP contribution in [0.2, 0.25) is 0 Å². The number of rotatable bonds is 3. The van der Waals surface area contributed by atoms with Crippen molar-refractivity contribution < 1.29 is 9.90 Å².